The molecule has 1 aliphatic rings. The Morgan fingerprint density at radius 2 is 1.67 bits per heavy atom. The number of aromatic nitrogens is 2. The minimum atomic E-state index is -0.121. The zero-order valence-corrected chi connectivity index (χ0v) is 21.1. The molecule has 5 rings (SSSR count). The lowest BCUT2D eigenvalue weighted by Gasteiger charge is -2.21. The van der Waals surface area contributed by atoms with E-state index in [0.29, 0.717) is 11.4 Å². The van der Waals surface area contributed by atoms with Gasteiger partial charge in [0.1, 0.15) is 5.82 Å². The van der Waals surface area contributed by atoms with Crippen LogP contribution in [0.25, 0.3) is 10.8 Å². The average molecular weight is 504 g/mol. The summed E-state index contributed by atoms with van der Waals surface area (Å²) < 4.78 is 15.7. The van der Waals surface area contributed by atoms with E-state index in [9.17, 15) is 9.18 Å². The number of hydrogen-bond donors (Lipinski definition) is 0. The predicted molar refractivity (Wildman–Crippen MR) is 144 cm³/mol. The average Bonchev–Trinajstić information content (AvgIpc) is 3.14. The number of aryl methyl sites for hydroxylation is 1. The Balaban J connectivity index is 1.32. The molecule has 1 aromatic heterocycles. The Kier molecular flexibility index (Phi) is 7.78. The molecular weight excluding hydrogens is 473 g/mol. The number of nitrogens with zero attached hydrogens (tertiary/aromatic N) is 3. The van der Waals surface area contributed by atoms with Gasteiger partial charge in [0, 0.05) is 23.4 Å². The smallest absolute Gasteiger partial charge is 0.274 e. The summed E-state index contributed by atoms with van der Waals surface area (Å²) in [5.74, 6) is -0.121. The fourth-order valence-corrected chi connectivity index (χ4v) is 5.37. The molecule has 1 atom stereocenters. The van der Waals surface area contributed by atoms with Crippen LogP contribution in [-0.4, -0.2) is 34.3 Å². The van der Waals surface area contributed by atoms with Crippen LogP contribution in [-0.2, 0) is 12.8 Å². The summed E-state index contributed by atoms with van der Waals surface area (Å²) in [5, 5.41) is 7.28. The van der Waals surface area contributed by atoms with E-state index in [0.717, 1.165) is 79.3 Å². The van der Waals surface area contributed by atoms with Crippen molar-refractivity contribution >= 4 is 22.4 Å². The summed E-state index contributed by atoms with van der Waals surface area (Å²) in [4.78, 5) is 15.9. The molecule has 1 fully saturated rings. The summed E-state index contributed by atoms with van der Waals surface area (Å²) in [6, 6.07) is 22.7. The van der Waals surface area contributed by atoms with E-state index in [4.69, 9.17) is 16.7 Å². The monoisotopic (exact) mass is 503 g/mol. The predicted octanol–water partition coefficient (Wildman–Crippen LogP) is 6.44. The molecule has 36 heavy (non-hydrogen) atoms. The number of halogens is 2. The number of fused-ring (bicyclic) bond motifs is 1. The number of rotatable bonds is 7. The van der Waals surface area contributed by atoms with Crippen molar-refractivity contribution in [1.29, 1.82) is 0 Å². The van der Waals surface area contributed by atoms with Gasteiger partial charge in [-0.25, -0.2) is 9.07 Å². The van der Waals surface area contributed by atoms with Crippen LogP contribution in [0.1, 0.15) is 48.5 Å². The molecule has 0 radical (unpaired) electrons. The molecule has 0 bridgehead atoms. The molecule has 4 aromatic rings. The fourth-order valence-electron chi connectivity index (χ4n) is 5.25. The van der Waals surface area contributed by atoms with Crippen molar-refractivity contribution in [3.63, 3.8) is 0 Å². The van der Waals surface area contributed by atoms with Gasteiger partial charge in [0.25, 0.3) is 5.56 Å². The Hall–Kier alpha value is -3.02. The fraction of sp³-hybridized carbons (Fsp3) is 0.333. The van der Waals surface area contributed by atoms with Gasteiger partial charge in [0.15, 0.2) is 0 Å². The Labute approximate surface area is 216 Å². The first-order valence-corrected chi connectivity index (χ1v) is 13.2. The zero-order valence-electron chi connectivity index (χ0n) is 20.4. The highest BCUT2D eigenvalue weighted by molar-refractivity contribution is 6.30. The van der Waals surface area contributed by atoms with Crippen molar-refractivity contribution < 1.29 is 4.39 Å². The van der Waals surface area contributed by atoms with Gasteiger partial charge in [0.05, 0.1) is 17.1 Å². The van der Waals surface area contributed by atoms with Gasteiger partial charge in [0.2, 0.25) is 0 Å². The third kappa shape index (κ3) is 5.69. The molecule has 4 nitrogen and oxygen atoms in total. The molecule has 0 aliphatic carbocycles. The van der Waals surface area contributed by atoms with Crippen LogP contribution in [0.2, 0.25) is 5.02 Å². The molecule has 0 amide bonds. The van der Waals surface area contributed by atoms with Crippen LogP contribution >= 0.6 is 11.6 Å². The highest BCUT2D eigenvalue weighted by Gasteiger charge is 2.22. The second kappa shape index (κ2) is 11.4. The Morgan fingerprint density at radius 1 is 0.917 bits per heavy atom. The highest BCUT2D eigenvalue weighted by Crippen LogP contribution is 2.24. The van der Waals surface area contributed by atoms with Crippen LogP contribution in [0.4, 0.5) is 4.39 Å². The zero-order chi connectivity index (χ0) is 24.9. The summed E-state index contributed by atoms with van der Waals surface area (Å²) in [5.41, 5.74) is 2.80. The van der Waals surface area contributed by atoms with Gasteiger partial charge in [-0.1, -0.05) is 60.1 Å². The maximum atomic E-state index is 13.9. The largest absolute Gasteiger partial charge is 0.303 e. The van der Waals surface area contributed by atoms with Gasteiger partial charge < -0.3 is 4.90 Å². The summed E-state index contributed by atoms with van der Waals surface area (Å²) in [7, 11) is 0. The number of benzene rings is 3. The molecule has 2 heterocycles. The quantitative estimate of drug-likeness (QED) is 0.291. The summed E-state index contributed by atoms with van der Waals surface area (Å²) in [6.45, 7) is 2.84. The topological polar surface area (TPSA) is 38.1 Å². The van der Waals surface area contributed by atoms with Crippen LogP contribution in [0.15, 0.2) is 77.6 Å². The molecule has 1 saturated heterocycles. The van der Waals surface area contributed by atoms with Gasteiger partial charge in [-0.2, -0.15) is 5.10 Å². The molecule has 186 valence electrons. The van der Waals surface area contributed by atoms with Gasteiger partial charge in [-0.15, -0.1) is 0 Å². The third-order valence-electron chi connectivity index (χ3n) is 7.20. The minimum Gasteiger partial charge on any atom is -0.303 e. The SMILES string of the molecule is O=c1c2ccccc2c(Cc2ccc(Cl)cc2)nn1C1CCCN(CCCc2ccccc2F)CC1. The first-order valence-electron chi connectivity index (χ1n) is 12.8. The van der Waals surface area contributed by atoms with E-state index in [1.54, 1.807) is 10.7 Å². The van der Waals surface area contributed by atoms with Crippen LogP contribution in [0.5, 0.6) is 0 Å². The molecule has 0 saturated carbocycles. The number of hydrogen-bond acceptors (Lipinski definition) is 3. The normalized spacial score (nSPS) is 16.8. The van der Waals surface area contributed by atoms with E-state index in [1.807, 2.05) is 60.7 Å². The Morgan fingerprint density at radius 3 is 2.47 bits per heavy atom. The van der Waals surface area contributed by atoms with E-state index < -0.39 is 0 Å². The molecule has 3 aromatic carbocycles. The lowest BCUT2D eigenvalue weighted by Crippen LogP contribution is -2.30. The molecule has 1 unspecified atom stereocenters. The standard InChI is InChI=1S/C30H31ClFN3O/c31-24-15-13-22(14-16-24)21-29-26-10-2-3-11-27(26)30(36)35(33-29)25-9-6-19-34(20-17-25)18-5-8-23-7-1-4-12-28(23)32/h1-4,7,10-16,25H,5-6,8-9,17-21H2. The van der Waals surface area contributed by atoms with Crippen molar-refractivity contribution in [3.05, 3.63) is 111 Å². The summed E-state index contributed by atoms with van der Waals surface area (Å²) in [6.07, 6.45) is 5.13. The Bertz CT molecular complexity index is 1390. The lowest BCUT2D eigenvalue weighted by atomic mass is 10.0. The van der Waals surface area contributed by atoms with Crippen LogP contribution in [0, 0.1) is 5.82 Å². The molecule has 0 spiro atoms. The maximum absolute atomic E-state index is 13.9. The molecule has 1 aliphatic heterocycles. The first-order chi connectivity index (χ1) is 17.6. The molecule has 0 N–H and O–H groups in total. The second-order valence-corrected chi connectivity index (χ2v) is 10.1. The van der Waals surface area contributed by atoms with Crippen molar-refractivity contribution in [2.45, 2.75) is 44.6 Å². The molecular formula is C30H31ClFN3O. The van der Waals surface area contributed by atoms with E-state index in [-0.39, 0.29) is 17.4 Å². The van der Waals surface area contributed by atoms with E-state index >= 15 is 0 Å². The number of likely N-dealkylation sites (tertiary alicyclic amines) is 1. The third-order valence-corrected chi connectivity index (χ3v) is 7.46. The van der Waals surface area contributed by atoms with Crippen LogP contribution < -0.4 is 5.56 Å². The van der Waals surface area contributed by atoms with Crippen LogP contribution in [0.3, 0.4) is 0 Å². The second-order valence-electron chi connectivity index (χ2n) is 9.67. The highest BCUT2D eigenvalue weighted by atomic mass is 35.5. The summed E-state index contributed by atoms with van der Waals surface area (Å²) >= 11 is 6.07. The maximum Gasteiger partial charge on any atom is 0.274 e. The molecule has 6 heteroatoms. The van der Waals surface area contributed by atoms with Crippen molar-refractivity contribution in [2.24, 2.45) is 0 Å². The lowest BCUT2D eigenvalue weighted by molar-refractivity contribution is 0.274. The van der Waals surface area contributed by atoms with Gasteiger partial charge >= 0.3 is 0 Å². The van der Waals surface area contributed by atoms with Gasteiger partial charge in [-0.3, -0.25) is 4.79 Å². The minimum absolute atomic E-state index is 0.0107. The van der Waals surface area contributed by atoms with Crippen molar-refractivity contribution in [3.8, 4) is 0 Å². The first kappa shape index (κ1) is 24.7. The van der Waals surface area contributed by atoms with Crippen molar-refractivity contribution in [1.82, 2.24) is 14.7 Å². The van der Waals surface area contributed by atoms with E-state index in [1.165, 1.54) is 6.07 Å². The van der Waals surface area contributed by atoms with Gasteiger partial charge in [-0.05, 0) is 80.6 Å². The van der Waals surface area contributed by atoms with Crippen molar-refractivity contribution in [2.75, 3.05) is 19.6 Å². The van der Waals surface area contributed by atoms with E-state index in [2.05, 4.69) is 4.90 Å².